The summed E-state index contributed by atoms with van der Waals surface area (Å²) in [5.74, 6) is 0.644. The highest BCUT2D eigenvalue weighted by atomic mass is 32.1. The van der Waals surface area contributed by atoms with Crippen LogP contribution in [0.4, 0.5) is 0 Å². The van der Waals surface area contributed by atoms with Gasteiger partial charge in [-0.05, 0) is 35.4 Å². The maximum absolute atomic E-state index is 13.3. The molecule has 1 amide bonds. The second kappa shape index (κ2) is 8.71. The van der Waals surface area contributed by atoms with E-state index in [-0.39, 0.29) is 18.0 Å². The zero-order chi connectivity index (χ0) is 22.1. The molecule has 2 aromatic carbocycles. The Hall–Kier alpha value is -3.25. The number of benzene rings is 2. The van der Waals surface area contributed by atoms with Gasteiger partial charge in [0.15, 0.2) is 0 Å². The zero-order valence-electron chi connectivity index (χ0n) is 18.0. The predicted octanol–water partition coefficient (Wildman–Crippen LogP) is 5.05. The molecular formula is C26H25N3O2S. The van der Waals surface area contributed by atoms with E-state index in [4.69, 9.17) is 0 Å². The molecule has 0 unspecified atom stereocenters. The van der Waals surface area contributed by atoms with Crippen molar-refractivity contribution in [3.63, 3.8) is 0 Å². The Bertz CT molecular complexity index is 1300. The molecule has 1 fully saturated rings. The Labute approximate surface area is 191 Å². The molecule has 0 aliphatic carbocycles. The standard InChI is InChI=1S/C26H25N3O2S/c1-18-11-13-28(14-12-18)23(30)15-29-17-27-25-24(26(29)31)22(16-32-25)21-9-7-20(8-10-21)19-5-3-2-4-6-19/h2-10,16-18H,11-15H2,1H3. The maximum Gasteiger partial charge on any atom is 0.263 e. The Balaban J connectivity index is 1.44. The lowest BCUT2D eigenvalue weighted by Crippen LogP contribution is -2.41. The summed E-state index contributed by atoms with van der Waals surface area (Å²) in [5.41, 5.74) is 3.98. The molecule has 0 saturated carbocycles. The Morgan fingerprint density at radius 1 is 1.00 bits per heavy atom. The second-order valence-electron chi connectivity index (χ2n) is 8.51. The van der Waals surface area contributed by atoms with Crippen LogP contribution in [0.3, 0.4) is 0 Å². The van der Waals surface area contributed by atoms with Crippen molar-refractivity contribution in [3.8, 4) is 22.3 Å². The molecule has 4 aromatic rings. The van der Waals surface area contributed by atoms with E-state index in [9.17, 15) is 9.59 Å². The largest absolute Gasteiger partial charge is 0.341 e. The van der Waals surface area contributed by atoms with E-state index >= 15 is 0 Å². The predicted molar refractivity (Wildman–Crippen MR) is 130 cm³/mol. The highest BCUT2D eigenvalue weighted by Gasteiger charge is 2.21. The summed E-state index contributed by atoms with van der Waals surface area (Å²) >= 11 is 1.46. The minimum absolute atomic E-state index is 0.0101. The van der Waals surface area contributed by atoms with E-state index in [0.29, 0.717) is 16.1 Å². The summed E-state index contributed by atoms with van der Waals surface area (Å²) in [6.45, 7) is 3.79. The molecule has 162 valence electrons. The van der Waals surface area contributed by atoms with Gasteiger partial charge in [-0.15, -0.1) is 11.3 Å². The molecule has 1 aliphatic heterocycles. The fourth-order valence-corrected chi connectivity index (χ4v) is 5.18. The summed E-state index contributed by atoms with van der Waals surface area (Å²) in [6.07, 6.45) is 3.55. The van der Waals surface area contributed by atoms with Crippen LogP contribution in [0.2, 0.25) is 0 Å². The summed E-state index contributed by atoms with van der Waals surface area (Å²) in [6, 6.07) is 18.4. The normalized spacial score (nSPS) is 14.7. The highest BCUT2D eigenvalue weighted by molar-refractivity contribution is 7.17. The average Bonchev–Trinajstić information content (AvgIpc) is 3.27. The van der Waals surface area contributed by atoms with Crippen LogP contribution in [0.25, 0.3) is 32.5 Å². The fraction of sp³-hybridized carbons (Fsp3) is 0.269. The first-order valence-corrected chi connectivity index (χ1v) is 11.9. The van der Waals surface area contributed by atoms with Gasteiger partial charge in [-0.2, -0.15) is 0 Å². The Morgan fingerprint density at radius 2 is 1.66 bits per heavy atom. The van der Waals surface area contributed by atoms with Crippen molar-refractivity contribution in [2.45, 2.75) is 26.3 Å². The number of likely N-dealkylation sites (tertiary alicyclic amines) is 1. The van der Waals surface area contributed by atoms with Gasteiger partial charge in [0.1, 0.15) is 11.4 Å². The minimum Gasteiger partial charge on any atom is -0.341 e. The number of hydrogen-bond donors (Lipinski definition) is 0. The smallest absolute Gasteiger partial charge is 0.263 e. The van der Waals surface area contributed by atoms with Crippen LogP contribution in [-0.2, 0) is 11.3 Å². The first-order chi connectivity index (χ1) is 15.6. The molecule has 0 bridgehead atoms. The fourth-order valence-electron chi connectivity index (χ4n) is 4.27. The first kappa shape index (κ1) is 20.6. The number of carbonyl (C=O) groups excluding carboxylic acids is 1. The van der Waals surface area contributed by atoms with Crippen molar-refractivity contribution >= 4 is 27.5 Å². The molecule has 32 heavy (non-hydrogen) atoms. The number of nitrogens with zero attached hydrogens (tertiary/aromatic N) is 3. The molecule has 0 N–H and O–H groups in total. The lowest BCUT2D eigenvalue weighted by molar-refractivity contribution is -0.133. The lowest BCUT2D eigenvalue weighted by atomic mass is 9.99. The monoisotopic (exact) mass is 443 g/mol. The van der Waals surface area contributed by atoms with Gasteiger partial charge in [0.2, 0.25) is 5.91 Å². The van der Waals surface area contributed by atoms with E-state index in [0.717, 1.165) is 48.2 Å². The Morgan fingerprint density at radius 3 is 2.38 bits per heavy atom. The van der Waals surface area contributed by atoms with Gasteiger partial charge in [0.05, 0.1) is 11.7 Å². The van der Waals surface area contributed by atoms with Crippen molar-refractivity contribution in [3.05, 3.63) is 76.7 Å². The third kappa shape index (κ3) is 3.98. The number of hydrogen-bond acceptors (Lipinski definition) is 4. The maximum atomic E-state index is 13.3. The molecule has 2 aromatic heterocycles. The third-order valence-corrected chi connectivity index (χ3v) is 7.19. The molecule has 5 nitrogen and oxygen atoms in total. The van der Waals surface area contributed by atoms with E-state index in [1.54, 1.807) is 0 Å². The van der Waals surface area contributed by atoms with Crippen molar-refractivity contribution in [1.82, 2.24) is 14.5 Å². The molecule has 1 aliphatic rings. The summed E-state index contributed by atoms with van der Waals surface area (Å²) in [5, 5.41) is 2.57. The number of fused-ring (bicyclic) bond motifs is 1. The van der Waals surface area contributed by atoms with Crippen molar-refractivity contribution in [2.24, 2.45) is 5.92 Å². The molecule has 0 atom stereocenters. The Kier molecular flexibility index (Phi) is 5.62. The van der Waals surface area contributed by atoms with Crippen LogP contribution in [-0.4, -0.2) is 33.4 Å². The quantitative estimate of drug-likeness (QED) is 0.443. The summed E-state index contributed by atoms with van der Waals surface area (Å²) in [4.78, 5) is 33.1. The van der Waals surface area contributed by atoms with Crippen molar-refractivity contribution < 1.29 is 4.79 Å². The van der Waals surface area contributed by atoms with E-state index in [1.165, 1.54) is 22.2 Å². The van der Waals surface area contributed by atoms with E-state index in [2.05, 4.69) is 36.2 Å². The van der Waals surface area contributed by atoms with E-state index in [1.807, 2.05) is 40.6 Å². The van der Waals surface area contributed by atoms with Crippen LogP contribution < -0.4 is 5.56 Å². The topological polar surface area (TPSA) is 55.2 Å². The number of rotatable bonds is 4. The van der Waals surface area contributed by atoms with Gasteiger partial charge in [-0.3, -0.25) is 14.2 Å². The lowest BCUT2D eigenvalue weighted by Gasteiger charge is -2.30. The van der Waals surface area contributed by atoms with Gasteiger partial charge in [0.25, 0.3) is 5.56 Å². The summed E-state index contributed by atoms with van der Waals surface area (Å²) in [7, 11) is 0. The van der Waals surface area contributed by atoms with Gasteiger partial charge < -0.3 is 4.90 Å². The number of thiophene rings is 1. The molecule has 1 saturated heterocycles. The zero-order valence-corrected chi connectivity index (χ0v) is 18.8. The van der Waals surface area contributed by atoms with Gasteiger partial charge in [-0.1, -0.05) is 61.5 Å². The van der Waals surface area contributed by atoms with Gasteiger partial charge >= 0.3 is 0 Å². The van der Waals surface area contributed by atoms with Crippen LogP contribution in [0.5, 0.6) is 0 Å². The highest BCUT2D eigenvalue weighted by Crippen LogP contribution is 2.32. The van der Waals surface area contributed by atoms with Crippen LogP contribution in [0.1, 0.15) is 19.8 Å². The summed E-state index contributed by atoms with van der Waals surface area (Å²) < 4.78 is 1.46. The number of piperidine rings is 1. The molecule has 0 spiro atoms. The number of carbonyl (C=O) groups is 1. The van der Waals surface area contributed by atoms with Crippen molar-refractivity contribution in [1.29, 1.82) is 0 Å². The molecule has 3 heterocycles. The minimum atomic E-state index is -0.155. The van der Waals surface area contributed by atoms with Crippen molar-refractivity contribution in [2.75, 3.05) is 13.1 Å². The van der Waals surface area contributed by atoms with E-state index < -0.39 is 0 Å². The number of amides is 1. The van der Waals surface area contributed by atoms with Crippen LogP contribution >= 0.6 is 11.3 Å². The van der Waals surface area contributed by atoms with Crippen LogP contribution in [0.15, 0.2) is 71.1 Å². The average molecular weight is 444 g/mol. The second-order valence-corrected chi connectivity index (χ2v) is 9.37. The SMILES string of the molecule is CC1CCN(C(=O)Cn2cnc3scc(-c4ccc(-c5ccccc5)cc4)c3c2=O)CC1. The molecule has 6 heteroatoms. The molecule has 0 radical (unpaired) electrons. The van der Waals surface area contributed by atoms with Gasteiger partial charge in [0, 0.05) is 24.0 Å². The third-order valence-electron chi connectivity index (χ3n) is 6.31. The number of aromatic nitrogens is 2. The molecule has 5 rings (SSSR count). The first-order valence-electron chi connectivity index (χ1n) is 11.0. The van der Waals surface area contributed by atoms with Gasteiger partial charge in [-0.25, -0.2) is 4.98 Å². The molecular weight excluding hydrogens is 418 g/mol. The van der Waals surface area contributed by atoms with Crippen LogP contribution in [0, 0.1) is 5.92 Å².